The number of anilines is 6. The van der Waals surface area contributed by atoms with Gasteiger partial charge >= 0.3 is 0 Å². The predicted octanol–water partition coefficient (Wildman–Crippen LogP) is 12.1. The maximum absolute atomic E-state index is 2.59. The van der Waals surface area contributed by atoms with Gasteiger partial charge in [0.05, 0.1) is 0 Å². The van der Waals surface area contributed by atoms with Gasteiger partial charge in [-0.25, -0.2) is 0 Å². The summed E-state index contributed by atoms with van der Waals surface area (Å²) < 4.78 is 0. The van der Waals surface area contributed by atoms with E-state index < -0.39 is 0 Å². The van der Waals surface area contributed by atoms with Crippen LogP contribution < -0.4 is 26.2 Å². The molecule has 3 heteroatoms. The maximum atomic E-state index is 2.59. The van der Waals surface area contributed by atoms with E-state index in [2.05, 4.69) is 198 Å². The number of fused-ring (bicyclic) bond motifs is 4. The summed E-state index contributed by atoms with van der Waals surface area (Å²) in [5.74, 6) is 0. The first-order valence-electron chi connectivity index (χ1n) is 20.0. The van der Waals surface area contributed by atoms with Crippen molar-refractivity contribution in [3.63, 3.8) is 0 Å². The van der Waals surface area contributed by atoms with Crippen molar-refractivity contribution < 1.29 is 0 Å². The molecule has 2 aliphatic heterocycles. The Balaban J connectivity index is 1.59. The van der Waals surface area contributed by atoms with Crippen LogP contribution in [0, 0.1) is 0 Å². The Bertz CT molecular complexity index is 2000. The highest BCUT2D eigenvalue weighted by molar-refractivity contribution is 7.00. The smallest absolute Gasteiger partial charge is 0.252 e. The summed E-state index contributed by atoms with van der Waals surface area (Å²) in [7, 11) is 0. The molecule has 0 atom stereocenters. The van der Waals surface area contributed by atoms with Gasteiger partial charge in [0.25, 0.3) is 6.71 Å². The predicted molar refractivity (Wildman–Crippen MR) is 234 cm³/mol. The van der Waals surface area contributed by atoms with Crippen LogP contribution >= 0.6 is 0 Å². The summed E-state index contributed by atoms with van der Waals surface area (Å²) in [5, 5.41) is 0. The summed E-state index contributed by atoms with van der Waals surface area (Å²) in [6.07, 6.45) is 2.01. The number of nitrogens with zero attached hydrogens (tertiary/aromatic N) is 2. The molecule has 0 radical (unpaired) electrons. The van der Waals surface area contributed by atoms with E-state index in [0.717, 1.165) is 12.8 Å². The summed E-state index contributed by atoms with van der Waals surface area (Å²) in [5.41, 5.74) is 20.1. The van der Waals surface area contributed by atoms with E-state index in [9.17, 15) is 0 Å². The Labute approximate surface area is 321 Å². The van der Waals surface area contributed by atoms with E-state index in [-0.39, 0.29) is 28.4 Å². The minimum absolute atomic E-state index is 0.00840. The molecule has 0 aliphatic carbocycles. The van der Waals surface area contributed by atoms with Crippen LogP contribution in [0.3, 0.4) is 0 Å². The molecule has 5 aromatic rings. The number of hydrogen-bond donors (Lipinski definition) is 0. The average molecular weight is 701 g/mol. The quantitative estimate of drug-likeness (QED) is 0.169. The number of aryl methyl sites for hydroxylation is 2. The van der Waals surface area contributed by atoms with Gasteiger partial charge in [-0.05, 0) is 133 Å². The average Bonchev–Trinajstić information content (AvgIpc) is 3.09. The highest BCUT2D eigenvalue weighted by Gasteiger charge is 2.44. The lowest BCUT2D eigenvalue weighted by Crippen LogP contribution is -2.61. The van der Waals surface area contributed by atoms with Crippen LogP contribution in [0.2, 0.25) is 0 Å². The molecule has 2 aliphatic rings. The Morgan fingerprint density at radius 1 is 0.415 bits per heavy atom. The lowest BCUT2D eigenvalue weighted by Gasteiger charge is -2.45. The fourth-order valence-corrected chi connectivity index (χ4v) is 8.25. The highest BCUT2D eigenvalue weighted by Crippen LogP contribution is 2.47. The van der Waals surface area contributed by atoms with Crippen molar-refractivity contribution in [2.24, 2.45) is 0 Å². The summed E-state index contributed by atoms with van der Waals surface area (Å²) in [6.45, 7) is 32.8. The number of rotatable bonds is 4. The Morgan fingerprint density at radius 2 is 0.755 bits per heavy atom. The molecule has 0 bridgehead atoms. The first-order chi connectivity index (χ1) is 24.7. The normalized spacial score (nSPS) is 14.3. The van der Waals surface area contributed by atoms with Crippen LogP contribution in [0.4, 0.5) is 34.1 Å². The third kappa shape index (κ3) is 6.53. The molecule has 0 saturated carbocycles. The zero-order chi connectivity index (χ0) is 38.4. The largest absolute Gasteiger partial charge is 0.311 e. The van der Waals surface area contributed by atoms with Gasteiger partial charge in [0, 0.05) is 34.1 Å². The third-order valence-electron chi connectivity index (χ3n) is 11.8. The molecule has 0 aromatic heterocycles. The molecule has 53 heavy (non-hydrogen) atoms. The molecule has 0 N–H and O–H groups in total. The lowest BCUT2D eigenvalue weighted by molar-refractivity contribution is 0.568. The van der Waals surface area contributed by atoms with Gasteiger partial charge in [-0.1, -0.05) is 139 Å². The SMILES string of the molecule is CCc1ccc2c(c1)B1c3cc(CC)ccc3N(c3cc(C(C)(C)C)cc(C(C)(C)C)c3)c3cccc(c31)N2c1cc(C(C)(C)C)cc(C(C)(C)C)c1. The van der Waals surface area contributed by atoms with Crippen LogP contribution in [0.15, 0.2) is 91.0 Å². The maximum Gasteiger partial charge on any atom is 0.252 e. The van der Waals surface area contributed by atoms with Gasteiger partial charge in [0.2, 0.25) is 0 Å². The zero-order valence-electron chi connectivity index (χ0n) is 35.0. The molecule has 5 aromatic carbocycles. The van der Waals surface area contributed by atoms with Gasteiger partial charge in [-0.2, -0.15) is 0 Å². The van der Waals surface area contributed by atoms with Gasteiger partial charge in [0.1, 0.15) is 0 Å². The molecular formula is C50H61BN2. The summed E-state index contributed by atoms with van der Waals surface area (Å²) >= 11 is 0. The van der Waals surface area contributed by atoms with Gasteiger partial charge < -0.3 is 9.80 Å². The molecular weight excluding hydrogens is 639 g/mol. The first kappa shape index (κ1) is 37.1. The molecule has 7 rings (SSSR count). The summed E-state index contributed by atoms with van der Waals surface area (Å²) in [6, 6.07) is 36.3. The van der Waals surface area contributed by atoms with Crippen LogP contribution in [0.25, 0.3) is 0 Å². The van der Waals surface area contributed by atoms with E-state index in [0.29, 0.717) is 0 Å². The molecule has 0 fully saturated rings. The molecule has 0 saturated heterocycles. The molecule has 274 valence electrons. The highest BCUT2D eigenvalue weighted by atomic mass is 15.2. The number of benzene rings is 5. The second kappa shape index (κ2) is 12.7. The molecule has 2 nitrogen and oxygen atoms in total. The van der Waals surface area contributed by atoms with Crippen LogP contribution in [-0.4, -0.2) is 6.71 Å². The number of hydrogen-bond acceptors (Lipinski definition) is 2. The fourth-order valence-electron chi connectivity index (χ4n) is 8.25. The van der Waals surface area contributed by atoms with Crippen molar-refractivity contribution in [3.8, 4) is 0 Å². The summed E-state index contributed by atoms with van der Waals surface area (Å²) in [4.78, 5) is 5.18. The Kier molecular flexibility index (Phi) is 8.87. The van der Waals surface area contributed by atoms with Gasteiger partial charge in [-0.3, -0.25) is 0 Å². The van der Waals surface area contributed by atoms with Crippen molar-refractivity contribution in [2.45, 2.75) is 131 Å². The molecule has 0 unspecified atom stereocenters. The van der Waals surface area contributed by atoms with Crippen molar-refractivity contribution in [1.29, 1.82) is 0 Å². The topological polar surface area (TPSA) is 6.48 Å². The van der Waals surface area contributed by atoms with E-state index in [4.69, 9.17) is 0 Å². The van der Waals surface area contributed by atoms with Crippen LogP contribution in [0.1, 0.15) is 130 Å². The zero-order valence-corrected chi connectivity index (χ0v) is 35.0. The van der Waals surface area contributed by atoms with E-state index in [1.54, 1.807) is 0 Å². The lowest BCUT2D eigenvalue weighted by atomic mass is 9.33. The monoisotopic (exact) mass is 700 g/mol. The van der Waals surface area contributed by atoms with E-state index >= 15 is 0 Å². The molecule has 2 heterocycles. The van der Waals surface area contributed by atoms with Crippen molar-refractivity contribution in [1.82, 2.24) is 0 Å². The Hall–Kier alpha value is -4.24. The van der Waals surface area contributed by atoms with Crippen molar-refractivity contribution >= 4 is 57.2 Å². The fraction of sp³-hybridized carbons (Fsp3) is 0.400. The standard InChI is InChI=1S/C50H61BN2/c1-15-32-20-22-42-40(24-32)51-41-25-33(16-2)21-23-43(41)53(39-30-36(49(9,10)11)27-37(31-39)50(12,13)14)45-19-17-18-44(46(45)51)52(42)38-28-34(47(3,4)5)26-35(29-38)48(6,7)8/h17-31H,15-16H2,1-14H3. The van der Waals surface area contributed by atoms with Crippen LogP contribution in [-0.2, 0) is 34.5 Å². The molecule has 0 spiro atoms. The van der Waals surface area contributed by atoms with Crippen molar-refractivity contribution in [3.05, 3.63) is 124 Å². The second-order valence-electron chi connectivity index (χ2n) is 19.8. The van der Waals surface area contributed by atoms with E-state index in [1.807, 2.05) is 0 Å². The Morgan fingerprint density at radius 3 is 1.06 bits per heavy atom. The third-order valence-corrected chi connectivity index (χ3v) is 11.8. The van der Waals surface area contributed by atoms with Gasteiger partial charge in [-0.15, -0.1) is 0 Å². The van der Waals surface area contributed by atoms with E-state index in [1.165, 1.54) is 83.9 Å². The minimum Gasteiger partial charge on any atom is -0.311 e. The first-order valence-corrected chi connectivity index (χ1v) is 20.0. The minimum atomic E-state index is 0.00840. The second-order valence-corrected chi connectivity index (χ2v) is 19.8. The van der Waals surface area contributed by atoms with Gasteiger partial charge in [0.15, 0.2) is 0 Å². The van der Waals surface area contributed by atoms with Crippen LogP contribution in [0.5, 0.6) is 0 Å². The van der Waals surface area contributed by atoms with Crippen molar-refractivity contribution in [2.75, 3.05) is 9.80 Å². The molecule has 0 amide bonds.